The highest BCUT2D eigenvalue weighted by molar-refractivity contribution is 4.68. The molecule has 2 rings (SSSR count). The van der Waals surface area contributed by atoms with Crippen LogP contribution in [0.25, 0.3) is 0 Å². The Morgan fingerprint density at radius 3 is 2.71 bits per heavy atom. The highest BCUT2D eigenvalue weighted by Crippen LogP contribution is 2.22. The second-order valence-electron chi connectivity index (χ2n) is 5.51. The van der Waals surface area contributed by atoms with E-state index in [1.165, 1.54) is 45.1 Å². The van der Waals surface area contributed by atoms with Crippen molar-refractivity contribution < 1.29 is 9.47 Å². The number of rotatable bonds is 7. The molecule has 3 heteroatoms. The SMILES string of the molecule is C1CCC(CNCCOCC2CCOC2)CC1. The third kappa shape index (κ3) is 5.36. The lowest BCUT2D eigenvalue weighted by Gasteiger charge is -2.21. The molecule has 1 atom stereocenters. The van der Waals surface area contributed by atoms with Crippen LogP contribution in [0, 0.1) is 11.8 Å². The molecule has 0 aromatic heterocycles. The van der Waals surface area contributed by atoms with Gasteiger partial charge >= 0.3 is 0 Å². The number of hydrogen-bond donors (Lipinski definition) is 1. The van der Waals surface area contributed by atoms with E-state index in [2.05, 4.69) is 5.32 Å². The Labute approximate surface area is 105 Å². The van der Waals surface area contributed by atoms with Gasteiger partial charge in [0.25, 0.3) is 0 Å². The molecule has 2 aliphatic rings. The third-order valence-electron chi connectivity index (χ3n) is 3.96. The Bertz CT molecular complexity index is 187. The summed E-state index contributed by atoms with van der Waals surface area (Å²) >= 11 is 0. The summed E-state index contributed by atoms with van der Waals surface area (Å²) in [5, 5.41) is 3.52. The van der Waals surface area contributed by atoms with Gasteiger partial charge in [-0.2, -0.15) is 0 Å². The zero-order chi connectivity index (χ0) is 11.8. The molecule has 1 N–H and O–H groups in total. The van der Waals surface area contributed by atoms with Gasteiger partial charge in [-0.1, -0.05) is 19.3 Å². The number of hydrogen-bond acceptors (Lipinski definition) is 3. The second kappa shape index (κ2) is 8.06. The summed E-state index contributed by atoms with van der Waals surface area (Å²) in [5.74, 6) is 1.57. The van der Waals surface area contributed by atoms with Crippen LogP contribution in [-0.2, 0) is 9.47 Å². The molecule has 100 valence electrons. The van der Waals surface area contributed by atoms with E-state index in [0.29, 0.717) is 5.92 Å². The molecule has 1 heterocycles. The van der Waals surface area contributed by atoms with Gasteiger partial charge in [-0.3, -0.25) is 0 Å². The van der Waals surface area contributed by atoms with Crippen LogP contribution in [0.1, 0.15) is 38.5 Å². The van der Waals surface area contributed by atoms with Crippen molar-refractivity contribution >= 4 is 0 Å². The Morgan fingerprint density at radius 1 is 1.06 bits per heavy atom. The minimum atomic E-state index is 0.647. The predicted octanol–water partition coefficient (Wildman–Crippen LogP) is 2.21. The molecule has 0 spiro atoms. The second-order valence-corrected chi connectivity index (χ2v) is 5.51. The lowest BCUT2D eigenvalue weighted by molar-refractivity contribution is 0.0907. The lowest BCUT2D eigenvalue weighted by atomic mass is 9.89. The minimum absolute atomic E-state index is 0.647. The van der Waals surface area contributed by atoms with Crippen LogP contribution in [-0.4, -0.2) is 39.5 Å². The molecule has 0 radical (unpaired) electrons. The van der Waals surface area contributed by atoms with Crippen molar-refractivity contribution in [2.75, 3.05) is 39.5 Å². The molecular weight excluding hydrogens is 214 g/mol. The predicted molar refractivity (Wildman–Crippen MR) is 69.2 cm³/mol. The van der Waals surface area contributed by atoms with Crippen molar-refractivity contribution in [3.05, 3.63) is 0 Å². The Morgan fingerprint density at radius 2 is 1.94 bits per heavy atom. The van der Waals surface area contributed by atoms with E-state index >= 15 is 0 Å². The van der Waals surface area contributed by atoms with Crippen molar-refractivity contribution in [1.82, 2.24) is 5.32 Å². The average Bonchev–Trinajstić information content (AvgIpc) is 2.88. The molecule has 0 bridgehead atoms. The maximum Gasteiger partial charge on any atom is 0.0591 e. The Hall–Kier alpha value is -0.120. The summed E-state index contributed by atoms with van der Waals surface area (Å²) in [6, 6.07) is 0. The summed E-state index contributed by atoms with van der Waals surface area (Å²) in [5.41, 5.74) is 0. The molecular formula is C14H27NO2. The first-order valence-electron chi connectivity index (χ1n) is 7.31. The van der Waals surface area contributed by atoms with Gasteiger partial charge < -0.3 is 14.8 Å². The molecule has 0 amide bonds. The lowest BCUT2D eigenvalue weighted by Crippen LogP contribution is -2.28. The van der Waals surface area contributed by atoms with Crippen LogP contribution in [0.3, 0.4) is 0 Å². The first-order chi connectivity index (χ1) is 8.45. The van der Waals surface area contributed by atoms with Gasteiger partial charge in [0.1, 0.15) is 0 Å². The first-order valence-corrected chi connectivity index (χ1v) is 7.31. The summed E-state index contributed by atoms with van der Waals surface area (Å²) in [6.07, 6.45) is 8.34. The van der Waals surface area contributed by atoms with Crippen LogP contribution in [0.2, 0.25) is 0 Å². The molecule has 17 heavy (non-hydrogen) atoms. The first kappa shape index (κ1) is 13.3. The summed E-state index contributed by atoms with van der Waals surface area (Å²) in [7, 11) is 0. The zero-order valence-corrected chi connectivity index (χ0v) is 11.0. The molecule has 1 saturated carbocycles. The quantitative estimate of drug-likeness (QED) is 0.693. The molecule has 3 nitrogen and oxygen atoms in total. The van der Waals surface area contributed by atoms with E-state index in [1.54, 1.807) is 0 Å². The van der Waals surface area contributed by atoms with Gasteiger partial charge in [0.15, 0.2) is 0 Å². The van der Waals surface area contributed by atoms with Crippen LogP contribution >= 0.6 is 0 Å². The van der Waals surface area contributed by atoms with Gasteiger partial charge in [-0.15, -0.1) is 0 Å². The van der Waals surface area contributed by atoms with Gasteiger partial charge in [0, 0.05) is 19.1 Å². The van der Waals surface area contributed by atoms with E-state index < -0.39 is 0 Å². The normalized spacial score (nSPS) is 26.5. The van der Waals surface area contributed by atoms with Crippen molar-refractivity contribution in [3.8, 4) is 0 Å². The van der Waals surface area contributed by atoms with E-state index in [-0.39, 0.29) is 0 Å². The van der Waals surface area contributed by atoms with Crippen LogP contribution in [0.15, 0.2) is 0 Å². The topological polar surface area (TPSA) is 30.5 Å². The number of nitrogens with one attached hydrogen (secondary N) is 1. The summed E-state index contributed by atoms with van der Waals surface area (Å²) in [4.78, 5) is 0. The van der Waals surface area contributed by atoms with Crippen molar-refractivity contribution in [3.63, 3.8) is 0 Å². The van der Waals surface area contributed by atoms with Gasteiger partial charge in [0.2, 0.25) is 0 Å². The van der Waals surface area contributed by atoms with E-state index in [0.717, 1.165) is 38.9 Å². The summed E-state index contributed by atoms with van der Waals surface area (Å²) < 4.78 is 11.0. The van der Waals surface area contributed by atoms with Gasteiger partial charge in [0.05, 0.1) is 19.8 Å². The molecule has 2 fully saturated rings. The highest BCUT2D eigenvalue weighted by atomic mass is 16.5. The molecule has 1 aliphatic carbocycles. The molecule has 0 aromatic carbocycles. The maximum absolute atomic E-state index is 5.66. The maximum atomic E-state index is 5.66. The van der Waals surface area contributed by atoms with E-state index in [4.69, 9.17) is 9.47 Å². The fourth-order valence-electron chi connectivity index (χ4n) is 2.81. The van der Waals surface area contributed by atoms with Gasteiger partial charge in [-0.25, -0.2) is 0 Å². The molecule has 1 aliphatic heterocycles. The highest BCUT2D eigenvalue weighted by Gasteiger charge is 2.15. The fourth-order valence-corrected chi connectivity index (χ4v) is 2.81. The average molecular weight is 241 g/mol. The zero-order valence-electron chi connectivity index (χ0n) is 11.0. The largest absolute Gasteiger partial charge is 0.381 e. The van der Waals surface area contributed by atoms with Crippen LogP contribution in [0.4, 0.5) is 0 Å². The van der Waals surface area contributed by atoms with Crippen LogP contribution in [0.5, 0.6) is 0 Å². The molecule has 1 unspecified atom stereocenters. The monoisotopic (exact) mass is 241 g/mol. The van der Waals surface area contributed by atoms with E-state index in [9.17, 15) is 0 Å². The Kier molecular flexibility index (Phi) is 6.32. The summed E-state index contributed by atoms with van der Waals surface area (Å²) in [6.45, 7) is 5.75. The van der Waals surface area contributed by atoms with Crippen LogP contribution < -0.4 is 5.32 Å². The van der Waals surface area contributed by atoms with Crippen molar-refractivity contribution in [2.24, 2.45) is 11.8 Å². The minimum Gasteiger partial charge on any atom is -0.381 e. The smallest absolute Gasteiger partial charge is 0.0591 e. The Balaban J connectivity index is 1.38. The van der Waals surface area contributed by atoms with Crippen molar-refractivity contribution in [2.45, 2.75) is 38.5 Å². The van der Waals surface area contributed by atoms with Gasteiger partial charge in [-0.05, 0) is 31.7 Å². The molecule has 1 saturated heterocycles. The number of ether oxygens (including phenoxy) is 2. The standard InChI is InChI=1S/C14H27NO2/c1-2-4-13(5-3-1)10-15-7-9-17-12-14-6-8-16-11-14/h13-15H,1-12H2. The molecule has 0 aromatic rings. The fraction of sp³-hybridized carbons (Fsp3) is 1.00. The van der Waals surface area contributed by atoms with Crippen molar-refractivity contribution in [1.29, 1.82) is 0 Å². The third-order valence-corrected chi connectivity index (χ3v) is 3.96. The van der Waals surface area contributed by atoms with E-state index in [1.807, 2.05) is 0 Å².